The van der Waals surface area contributed by atoms with E-state index in [0.29, 0.717) is 5.70 Å². The van der Waals surface area contributed by atoms with Crippen molar-refractivity contribution in [1.82, 2.24) is 4.90 Å². The Morgan fingerprint density at radius 3 is 2.13 bits per heavy atom. The van der Waals surface area contributed by atoms with E-state index in [0.717, 1.165) is 12.0 Å². The molecule has 0 N–H and O–H groups in total. The summed E-state index contributed by atoms with van der Waals surface area (Å²) in [7, 11) is 0. The zero-order chi connectivity index (χ0) is 16.2. The molecule has 2 aromatic carbocycles. The van der Waals surface area contributed by atoms with E-state index in [2.05, 4.69) is 18.2 Å². The molecule has 23 heavy (non-hydrogen) atoms. The Balaban J connectivity index is 2.06. The minimum absolute atomic E-state index is 0.0989. The van der Waals surface area contributed by atoms with Gasteiger partial charge in [0.2, 0.25) is 5.91 Å². The van der Waals surface area contributed by atoms with Gasteiger partial charge in [-0.1, -0.05) is 60.7 Å². The predicted octanol–water partition coefficient (Wildman–Crippen LogP) is 4.17. The highest BCUT2D eigenvalue weighted by molar-refractivity contribution is 5.77. The Bertz CT molecular complexity index is 759. The van der Waals surface area contributed by atoms with Crippen LogP contribution in [0.15, 0.2) is 72.4 Å². The monoisotopic (exact) mass is 302 g/mol. The minimum Gasteiger partial charge on any atom is -0.296 e. The van der Waals surface area contributed by atoms with Crippen molar-refractivity contribution in [3.05, 3.63) is 83.6 Å². The third kappa shape index (κ3) is 3.02. The molecule has 2 atom stereocenters. The highest BCUT2D eigenvalue weighted by Crippen LogP contribution is 2.40. The van der Waals surface area contributed by atoms with Gasteiger partial charge in [-0.3, -0.25) is 9.69 Å². The van der Waals surface area contributed by atoms with Crippen molar-refractivity contribution >= 4 is 5.91 Å². The van der Waals surface area contributed by atoms with E-state index in [4.69, 9.17) is 0 Å². The van der Waals surface area contributed by atoms with Crippen LogP contribution in [-0.2, 0) is 4.79 Å². The average Bonchev–Trinajstić information content (AvgIpc) is 2.62. The van der Waals surface area contributed by atoms with E-state index in [9.17, 15) is 10.1 Å². The van der Waals surface area contributed by atoms with Crippen molar-refractivity contribution in [1.29, 1.82) is 5.26 Å². The number of allylic oxidation sites excluding steroid dienone is 2. The summed E-state index contributed by atoms with van der Waals surface area (Å²) in [6, 6.07) is 22.2. The van der Waals surface area contributed by atoms with Gasteiger partial charge >= 0.3 is 0 Å². The second-order valence-corrected chi connectivity index (χ2v) is 5.73. The van der Waals surface area contributed by atoms with Crippen LogP contribution in [0.5, 0.6) is 0 Å². The van der Waals surface area contributed by atoms with Crippen LogP contribution in [0.4, 0.5) is 0 Å². The molecule has 0 saturated carbocycles. The maximum absolute atomic E-state index is 12.1. The summed E-state index contributed by atoms with van der Waals surface area (Å²) in [5.74, 6) is 0.0322. The van der Waals surface area contributed by atoms with E-state index in [1.807, 2.05) is 54.6 Å². The normalized spacial score (nSPS) is 20.5. The number of hydrogen-bond donors (Lipinski definition) is 0. The largest absolute Gasteiger partial charge is 0.296 e. The number of nitrogens with zero attached hydrogens (tertiary/aromatic N) is 2. The number of carbonyl (C=O) groups excluding carboxylic acids is 1. The molecule has 3 heteroatoms. The first-order valence-corrected chi connectivity index (χ1v) is 7.72. The number of amides is 1. The van der Waals surface area contributed by atoms with Crippen molar-refractivity contribution in [2.75, 3.05) is 0 Å². The van der Waals surface area contributed by atoms with Crippen LogP contribution in [0.3, 0.4) is 0 Å². The Kier molecular flexibility index (Phi) is 4.25. The summed E-state index contributed by atoms with van der Waals surface area (Å²) >= 11 is 0. The summed E-state index contributed by atoms with van der Waals surface area (Å²) in [6.07, 6.45) is 2.69. The second-order valence-electron chi connectivity index (χ2n) is 5.73. The molecule has 2 aromatic rings. The van der Waals surface area contributed by atoms with Gasteiger partial charge in [-0.25, -0.2) is 0 Å². The number of nitriles is 1. The lowest BCUT2D eigenvalue weighted by molar-refractivity contribution is -0.129. The average molecular weight is 302 g/mol. The Hall–Kier alpha value is -2.86. The molecule has 0 saturated heterocycles. The molecule has 0 aliphatic carbocycles. The van der Waals surface area contributed by atoms with Gasteiger partial charge in [-0.2, -0.15) is 5.26 Å². The Labute approximate surface area is 136 Å². The van der Waals surface area contributed by atoms with Crippen LogP contribution in [0.25, 0.3) is 0 Å². The standard InChI is InChI=1S/C20H18N2O/c1-15(23)22-19(14-21)12-18(16-8-4-2-5-9-16)13-20(22)17-10-6-3-7-11-17/h2-12,18,20H,13H2,1H3. The van der Waals surface area contributed by atoms with Gasteiger partial charge < -0.3 is 0 Å². The third-order valence-electron chi connectivity index (χ3n) is 4.27. The number of benzene rings is 2. The van der Waals surface area contributed by atoms with Crippen LogP contribution in [0, 0.1) is 11.3 Å². The maximum atomic E-state index is 12.1. The summed E-state index contributed by atoms with van der Waals surface area (Å²) in [5, 5.41) is 9.53. The van der Waals surface area contributed by atoms with Gasteiger partial charge in [0.25, 0.3) is 0 Å². The van der Waals surface area contributed by atoms with Crippen LogP contribution < -0.4 is 0 Å². The molecule has 1 aliphatic rings. The molecule has 0 spiro atoms. The highest BCUT2D eigenvalue weighted by Gasteiger charge is 2.33. The first-order chi connectivity index (χ1) is 11.2. The van der Waals surface area contributed by atoms with Crippen LogP contribution in [0.1, 0.15) is 36.4 Å². The summed E-state index contributed by atoms with van der Waals surface area (Å²) in [4.78, 5) is 13.7. The first kappa shape index (κ1) is 15.1. The van der Waals surface area contributed by atoms with Gasteiger partial charge in [-0.15, -0.1) is 0 Å². The van der Waals surface area contributed by atoms with Gasteiger partial charge in [0.05, 0.1) is 6.04 Å². The van der Waals surface area contributed by atoms with Crippen LogP contribution in [-0.4, -0.2) is 10.8 Å². The van der Waals surface area contributed by atoms with Crippen LogP contribution in [0.2, 0.25) is 0 Å². The molecule has 114 valence electrons. The van der Waals surface area contributed by atoms with E-state index in [1.165, 1.54) is 12.5 Å². The summed E-state index contributed by atoms with van der Waals surface area (Å²) in [5.41, 5.74) is 2.67. The fourth-order valence-electron chi connectivity index (χ4n) is 3.23. The van der Waals surface area contributed by atoms with E-state index >= 15 is 0 Å². The van der Waals surface area contributed by atoms with Gasteiger partial charge in [0.1, 0.15) is 11.8 Å². The first-order valence-electron chi connectivity index (χ1n) is 7.72. The lowest BCUT2D eigenvalue weighted by atomic mass is 9.84. The fourth-order valence-corrected chi connectivity index (χ4v) is 3.23. The predicted molar refractivity (Wildman–Crippen MR) is 89.2 cm³/mol. The Morgan fingerprint density at radius 2 is 1.61 bits per heavy atom. The lowest BCUT2D eigenvalue weighted by Crippen LogP contribution is -2.36. The molecule has 0 aromatic heterocycles. The molecule has 0 fully saturated rings. The highest BCUT2D eigenvalue weighted by atomic mass is 16.2. The Morgan fingerprint density at radius 1 is 1.04 bits per heavy atom. The molecule has 3 nitrogen and oxygen atoms in total. The molecular formula is C20H18N2O. The number of carbonyl (C=O) groups is 1. The van der Waals surface area contributed by atoms with E-state index in [-0.39, 0.29) is 17.9 Å². The van der Waals surface area contributed by atoms with Gasteiger partial charge in [0.15, 0.2) is 0 Å². The second kappa shape index (κ2) is 6.50. The minimum atomic E-state index is -0.112. The molecule has 0 bridgehead atoms. The molecule has 1 amide bonds. The maximum Gasteiger partial charge on any atom is 0.224 e. The fraction of sp³-hybridized carbons (Fsp3) is 0.200. The molecule has 1 aliphatic heterocycles. The molecule has 0 radical (unpaired) electrons. The SMILES string of the molecule is CC(=O)N1C(C#N)=CC(c2ccccc2)CC1c1ccccc1. The number of rotatable bonds is 2. The zero-order valence-electron chi connectivity index (χ0n) is 13.0. The lowest BCUT2D eigenvalue weighted by Gasteiger charge is -2.37. The summed E-state index contributed by atoms with van der Waals surface area (Å²) < 4.78 is 0. The van der Waals surface area contributed by atoms with Crippen molar-refractivity contribution in [3.63, 3.8) is 0 Å². The molecule has 3 rings (SSSR count). The third-order valence-corrected chi connectivity index (χ3v) is 4.27. The molecular weight excluding hydrogens is 284 g/mol. The van der Waals surface area contributed by atoms with Gasteiger partial charge in [0, 0.05) is 12.8 Å². The summed E-state index contributed by atoms with van der Waals surface area (Å²) in [6.45, 7) is 1.52. The van der Waals surface area contributed by atoms with Crippen LogP contribution >= 0.6 is 0 Å². The van der Waals surface area contributed by atoms with Crippen molar-refractivity contribution < 1.29 is 4.79 Å². The quantitative estimate of drug-likeness (QED) is 0.835. The smallest absolute Gasteiger partial charge is 0.224 e. The van der Waals surface area contributed by atoms with Crippen molar-refractivity contribution in [2.24, 2.45) is 0 Å². The van der Waals surface area contributed by atoms with Crippen molar-refractivity contribution in [3.8, 4) is 6.07 Å². The van der Waals surface area contributed by atoms with E-state index in [1.54, 1.807) is 4.90 Å². The topological polar surface area (TPSA) is 44.1 Å². The zero-order valence-corrected chi connectivity index (χ0v) is 13.0. The molecule has 1 heterocycles. The van der Waals surface area contributed by atoms with E-state index < -0.39 is 0 Å². The molecule has 2 unspecified atom stereocenters. The number of hydrogen-bond acceptors (Lipinski definition) is 2. The van der Waals surface area contributed by atoms with Gasteiger partial charge in [-0.05, 0) is 23.6 Å². The van der Waals surface area contributed by atoms with Crippen molar-refractivity contribution in [2.45, 2.75) is 25.3 Å².